The van der Waals surface area contributed by atoms with Crippen LogP contribution in [0.5, 0.6) is 0 Å². The molecule has 0 amide bonds. The quantitative estimate of drug-likeness (QED) is 0.830. The molecule has 0 saturated heterocycles. The van der Waals surface area contributed by atoms with Gasteiger partial charge >= 0.3 is 0 Å². The Morgan fingerprint density at radius 2 is 1.89 bits per heavy atom. The maximum absolute atomic E-state index is 8.82. The van der Waals surface area contributed by atoms with Crippen LogP contribution in [0.3, 0.4) is 0 Å². The normalized spacial score (nSPS) is 13.7. The highest BCUT2D eigenvalue weighted by Crippen LogP contribution is 2.34. The number of para-hydroxylation sites is 1. The molecule has 1 aliphatic rings. The van der Waals surface area contributed by atoms with Crippen LogP contribution in [0.4, 0.5) is 5.69 Å². The predicted octanol–water partition coefficient (Wildman–Crippen LogP) is 3.67. The Bertz CT molecular complexity index is 613. The first-order valence-corrected chi connectivity index (χ1v) is 7.31. The van der Waals surface area contributed by atoms with E-state index in [1.165, 1.54) is 16.1 Å². The van der Waals surface area contributed by atoms with Crippen molar-refractivity contribution < 1.29 is 0 Å². The molecular formula is C16H14N2S. The maximum atomic E-state index is 8.82. The highest BCUT2D eigenvalue weighted by atomic mass is 32.2. The molecule has 0 unspecified atom stereocenters. The Morgan fingerprint density at radius 3 is 2.68 bits per heavy atom. The highest BCUT2D eigenvalue weighted by Gasteiger charge is 2.16. The Balaban J connectivity index is 1.82. The van der Waals surface area contributed by atoms with Gasteiger partial charge in [-0.25, -0.2) is 0 Å². The summed E-state index contributed by atoms with van der Waals surface area (Å²) >= 11 is 1.92. The maximum Gasteiger partial charge on any atom is 0.0991 e. The zero-order chi connectivity index (χ0) is 13.1. The van der Waals surface area contributed by atoms with Crippen molar-refractivity contribution in [3.05, 3.63) is 59.7 Å². The third-order valence-corrected chi connectivity index (χ3v) is 4.32. The van der Waals surface area contributed by atoms with Crippen LogP contribution in [0, 0.1) is 11.3 Å². The minimum Gasteiger partial charge on any atom is -0.365 e. The molecule has 3 rings (SSSR count). The largest absolute Gasteiger partial charge is 0.365 e. The lowest BCUT2D eigenvalue weighted by Gasteiger charge is -2.30. The molecule has 0 bridgehead atoms. The molecule has 0 atom stereocenters. The average Bonchev–Trinajstić information content (AvgIpc) is 2.48. The van der Waals surface area contributed by atoms with E-state index in [2.05, 4.69) is 35.2 Å². The number of anilines is 1. The van der Waals surface area contributed by atoms with Crippen LogP contribution in [0.2, 0.25) is 0 Å². The van der Waals surface area contributed by atoms with Crippen LogP contribution in [-0.4, -0.2) is 12.3 Å². The van der Waals surface area contributed by atoms with Crippen molar-refractivity contribution >= 4 is 17.4 Å². The van der Waals surface area contributed by atoms with E-state index in [1.54, 1.807) is 0 Å². The summed E-state index contributed by atoms with van der Waals surface area (Å²) in [5.41, 5.74) is 3.29. The van der Waals surface area contributed by atoms with Gasteiger partial charge in [0.05, 0.1) is 17.3 Å². The molecule has 0 saturated carbocycles. The molecule has 3 heteroatoms. The number of rotatable bonds is 2. The predicted molar refractivity (Wildman–Crippen MR) is 79.4 cm³/mol. The van der Waals surface area contributed by atoms with Crippen molar-refractivity contribution in [1.82, 2.24) is 0 Å². The first kappa shape index (κ1) is 12.1. The fraction of sp³-hybridized carbons (Fsp3) is 0.188. The Kier molecular flexibility index (Phi) is 3.43. The van der Waals surface area contributed by atoms with Gasteiger partial charge in [-0.3, -0.25) is 0 Å². The van der Waals surface area contributed by atoms with E-state index >= 15 is 0 Å². The van der Waals surface area contributed by atoms with Crippen molar-refractivity contribution in [1.29, 1.82) is 5.26 Å². The third-order valence-electron chi connectivity index (χ3n) is 3.28. The molecule has 1 aliphatic heterocycles. The van der Waals surface area contributed by atoms with Crippen molar-refractivity contribution in [3.8, 4) is 6.07 Å². The van der Waals surface area contributed by atoms with Gasteiger partial charge in [-0.2, -0.15) is 5.26 Å². The van der Waals surface area contributed by atoms with Crippen LogP contribution in [0.15, 0.2) is 53.4 Å². The van der Waals surface area contributed by atoms with Crippen molar-refractivity contribution in [2.45, 2.75) is 11.4 Å². The van der Waals surface area contributed by atoms with E-state index in [0.29, 0.717) is 0 Å². The monoisotopic (exact) mass is 266 g/mol. The van der Waals surface area contributed by atoms with Gasteiger partial charge in [0, 0.05) is 23.7 Å². The fourth-order valence-corrected chi connectivity index (χ4v) is 3.35. The molecule has 0 N–H and O–H groups in total. The highest BCUT2D eigenvalue weighted by molar-refractivity contribution is 7.99. The van der Waals surface area contributed by atoms with Crippen LogP contribution in [0.1, 0.15) is 11.1 Å². The summed E-state index contributed by atoms with van der Waals surface area (Å²) in [6, 6.07) is 18.6. The van der Waals surface area contributed by atoms with E-state index in [0.717, 1.165) is 24.4 Å². The molecule has 94 valence electrons. The second-order valence-corrected chi connectivity index (χ2v) is 5.68. The van der Waals surface area contributed by atoms with E-state index in [-0.39, 0.29) is 0 Å². The molecule has 2 aromatic rings. The lowest BCUT2D eigenvalue weighted by molar-refractivity contribution is 0.817. The second-order valence-electron chi connectivity index (χ2n) is 4.55. The third kappa shape index (κ3) is 2.59. The molecule has 0 aromatic heterocycles. The molecule has 2 aromatic carbocycles. The van der Waals surface area contributed by atoms with Gasteiger partial charge in [-0.05, 0) is 29.8 Å². The molecule has 0 spiro atoms. The number of fused-ring (bicyclic) bond motifs is 1. The van der Waals surface area contributed by atoms with Crippen LogP contribution in [0.25, 0.3) is 0 Å². The van der Waals surface area contributed by atoms with E-state index < -0.39 is 0 Å². The van der Waals surface area contributed by atoms with Crippen LogP contribution in [-0.2, 0) is 6.54 Å². The SMILES string of the molecule is N#Cc1ccc(CN2CCSc3ccccc32)cc1. The van der Waals surface area contributed by atoms with Gasteiger partial charge in [-0.15, -0.1) is 11.8 Å². The number of hydrogen-bond acceptors (Lipinski definition) is 3. The molecule has 0 fully saturated rings. The summed E-state index contributed by atoms with van der Waals surface area (Å²) in [5.74, 6) is 1.13. The van der Waals surface area contributed by atoms with Gasteiger partial charge in [0.1, 0.15) is 0 Å². The summed E-state index contributed by atoms with van der Waals surface area (Å²) in [5, 5.41) is 8.82. The van der Waals surface area contributed by atoms with Crippen molar-refractivity contribution in [2.75, 3.05) is 17.2 Å². The molecular weight excluding hydrogens is 252 g/mol. The van der Waals surface area contributed by atoms with Crippen LogP contribution >= 0.6 is 11.8 Å². The molecule has 0 aliphatic carbocycles. The second kappa shape index (κ2) is 5.38. The van der Waals surface area contributed by atoms with E-state index in [1.807, 2.05) is 36.0 Å². The smallest absolute Gasteiger partial charge is 0.0991 e. The zero-order valence-corrected chi connectivity index (χ0v) is 11.4. The Hall–Kier alpha value is -1.92. The van der Waals surface area contributed by atoms with Gasteiger partial charge < -0.3 is 4.90 Å². The minimum atomic E-state index is 0.721. The number of benzene rings is 2. The first-order valence-electron chi connectivity index (χ1n) is 6.32. The van der Waals surface area contributed by atoms with Crippen molar-refractivity contribution in [2.24, 2.45) is 0 Å². The first-order chi connectivity index (χ1) is 9.36. The number of thioether (sulfide) groups is 1. The van der Waals surface area contributed by atoms with Gasteiger partial charge in [0.15, 0.2) is 0 Å². The summed E-state index contributed by atoms with van der Waals surface area (Å²) in [4.78, 5) is 3.77. The summed E-state index contributed by atoms with van der Waals surface area (Å²) in [6.07, 6.45) is 0. The van der Waals surface area contributed by atoms with E-state index in [4.69, 9.17) is 5.26 Å². The van der Waals surface area contributed by atoms with E-state index in [9.17, 15) is 0 Å². The number of nitriles is 1. The van der Waals surface area contributed by atoms with Crippen LogP contribution < -0.4 is 4.90 Å². The summed E-state index contributed by atoms with van der Waals surface area (Å²) in [6.45, 7) is 1.98. The fourth-order valence-electron chi connectivity index (χ4n) is 2.30. The Morgan fingerprint density at radius 1 is 1.11 bits per heavy atom. The molecule has 1 heterocycles. The molecule has 19 heavy (non-hydrogen) atoms. The number of nitrogens with zero attached hydrogens (tertiary/aromatic N) is 2. The minimum absolute atomic E-state index is 0.721. The molecule has 2 nitrogen and oxygen atoms in total. The van der Waals surface area contributed by atoms with Gasteiger partial charge in [-0.1, -0.05) is 24.3 Å². The average molecular weight is 266 g/mol. The summed E-state index contributed by atoms with van der Waals surface area (Å²) < 4.78 is 0. The Labute approximate surface area is 117 Å². The number of hydrogen-bond donors (Lipinski definition) is 0. The summed E-state index contributed by atoms with van der Waals surface area (Å²) in [7, 11) is 0. The standard InChI is InChI=1S/C16H14N2S/c17-11-13-5-7-14(8-6-13)12-18-9-10-19-16-4-2-1-3-15(16)18/h1-8H,9-10,12H2. The van der Waals surface area contributed by atoms with Gasteiger partial charge in [0.2, 0.25) is 0 Å². The van der Waals surface area contributed by atoms with Gasteiger partial charge in [0.25, 0.3) is 0 Å². The lowest BCUT2D eigenvalue weighted by atomic mass is 10.1. The van der Waals surface area contributed by atoms with Crippen molar-refractivity contribution in [3.63, 3.8) is 0 Å². The lowest BCUT2D eigenvalue weighted by Crippen LogP contribution is -2.28. The zero-order valence-electron chi connectivity index (χ0n) is 10.5. The topological polar surface area (TPSA) is 27.0 Å². The molecule has 0 radical (unpaired) electrons.